The van der Waals surface area contributed by atoms with Crippen LogP contribution in [0.4, 0.5) is 0 Å². The third-order valence-electron chi connectivity index (χ3n) is 8.10. The van der Waals surface area contributed by atoms with Crippen molar-refractivity contribution >= 4 is 35.7 Å². The summed E-state index contributed by atoms with van der Waals surface area (Å²) in [5, 5.41) is 8.10. The number of nitrogens with zero attached hydrogens (tertiary/aromatic N) is 1. The highest BCUT2D eigenvalue weighted by atomic mass is 32.2. The van der Waals surface area contributed by atoms with Crippen LogP contribution in [0.25, 0.3) is 10.8 Å². The fraction of sp³-hybridized carbons (Fsp3) is 0.607. The van der Waals surface area contributed by atoms with Gasteiger partial charge in [0.05, 0.1) is 31.2 Å². The Morgan fingerprint density at radius 2 is 1.89 bits per heavy atom. The lowest BCUT2D eigenvalue weighted by Gasteiger charge is -2.60. The minimum absolute atomic E-state index is 0.0272. The highest BCUT2D eigenvalue weighted by Gasteiger charge is 2.62. The Morgan fingerprint density at radius 1 is 1.16 bits per heavy atom. The lowest BCUT2D eigenvalue weighted by Crippen LogP contribution is -2.59. The van der Waals surface area contributed by atoms with Gasteiger partial charge in [-0.3, -0.25) is 9.52 Å². The monoisotopic (exact) mass is 525 g/mol. The number of benzene rings is 2. The smallest absolute Gasteiger partial charge is 0.404 e. The number of fused-ring (bicyclic) bond motifs is 1. The summed E-state index contributed by atoms with van der Waals surface area (Å²) in [4.78, 5) is 22.8. The fourth-order valence-electron chi connectivity index (χ4n) is 5.97. The molecule has 3 aliphatic carbocycles. The molecular weight excluding hydrogens is 485 g/mol. The summed E-state index contributed by atoms with van der Waals surface area (Å²) in [6.07, 6.45) is 3.52. The molecule has 1 amide bonds. The second-order valence-corrected chi connectivity index (χ2v) is 12.4. The molecule has 2 aromatic rings. The number of hydrogen-bond donors (Lipinski definition) is 2. The van der Waals surface area contributed by atoms with Crippen molar-refractivity contribution in [3.8, 4) is 0 Å². The lowest BCUT2D eigenvalue weighted by molar-refractivity contribution is -0.150. The molecule has 1 heterocycles. The van der Waals surface area contributed by atoms with Gasteiger partial charge in [-0.15, -0.1) is 0 Å². The van der Waals surface area contributed by atoms with Gasteiger partial charge in [0.2, 0.25) is 5.91 Å². The molecule has 2 bridgehead atoms. The first-order valence-electron chi connectivity index (χ1n) is 13.5. The summed E-state index contributed by atoms with van der Waals surface area (Å²) in [6.45, 7) is 11.4. The van der Waals surface area contributed by atoms with Gasteiger partial charge in [0.25, 0.3) is 0 Å². The quantitative estimate of drug-likeness (QED) is 0.251. The van der Waals surface area contributed by atoms with Gasteiger partial charge in [-0.2, -0.15) is 4.91 Å². The molecule has 9 heteroatoms. The number of nitroso groups, excluding NO2 is 1. The maximum Gasteiger partial charge on any atom is 0.481 e. The van der Waals surface area contributed by atoms with Crippen molar-refractivity contribution in [2.75, 3.05) is 13.1 Å². The van der Waals surface area contributed by atoms with E-state index in [1.807, 2.05) is 12.1 Å². The zero-order valence-corrected chi connectivity index (χ0v) is 23.4. The van der Waals surface area contributed by atoms with E-state index >= 15 is 0 Å². The van der Waals surface area contributed by atoms with Crippen molar-refractivity contribution < 1.29 is 14.1 Å². The minimum atomic E-state index is -0.352. The van der Waals surface area contributed by atoms with Crippen LogP contribution in [0.2, 0.25) is 0 Å². The molecule has 0 aromatic heterocycles. The summed E-state index contributed by atoms with van der Waals surface area (Å²) in [5.74, 6) is 1.59. The first-order chi connectivity index (χ1) is 17.7. The van der Waals surface area contributed by atoms with Crippen molar-refractivity contribution in [2.45, 2.75) is 76.9 Å². The third-order valence-corrected chi connectivity index (χ3v) is 8.88. The molecule has 0 radical (unpaired) electrons. The van der Waals surface area contributed by atoms with E-state index in [9.17, 15) is 4.79 Å². The second kappa shape index (κ2) is 12.3. The van der Waals surface area contributed by atoms with Crippen molar-refractivity contribution in [3.05, 3.63) is 47.4 Å². The van der Waals surface area contributed by atoms with Gasteiger partial charge >= 0.3 is 7.12 Å². The topological polar surface area (TPSA) is 89.0 Å². The van der Waals surface area contributed by atoms with Crippen molar-refractivity contribution in [3.63, 3.8) is 0 Å². The average Bonchev–Trinajstić information content (AvgIpc) is 3.32. The fourth-order valence-corrected chi connectivity index (χ4v) is 6.66. The molecule has 5 atom stereocenters. The summed E-state index contributed by atoms with van der Waals surface area (Å²) < 4.78 is 16.1. The Hall–Kier alpha value is -1.94. The molecule has 0 spiro atoms. The van der Waals surface area contributed by atoms with Crippen LogP contribution in [0.15, 0.2) is 52.5 Å². The van der Waals surface area contributed by atoms with Gasteiger partial charge in [0.1, 0.15) is 0 Å². The Balaban J connectivity index is 0.000000747. The third kappa shape index (κ3) is 6.56. The van der Waals surface area contributed by atoms with E-state index in [1.54, 1.807) is 6.92 Å². The Morgan fingerprint density at radius 3 is 2.57 bits per heavy atom. The van der Waals surface area contributed by atoms with E-state index in [-0.39, 0.29) is 37.7 Å². The standard InChI is InChI=1S/C26H35BN2O3S.C2H5NO/c1-16(2)11-23(27-31-22-14-19-13-21(25(22)32-27)26(19,3)4)29-24(30)15-28-33-20-10-9-17-7-5-6-8-18(17)12-20;1-2-3-4/h5-10,12,16,19,21-23,25,28H,11,13-15H2,1-4H3,(H,29,30);2H2,1H3/t19?,21?,22-,23?,25?;/m1./s1. The van der Waals surface area contributed by atoms with Crippen LogP contribution in [-0.4, -0.2) is 44.3 Å². The number of carbonyl (C=O) groups is 1. The first kappa shape index (κ1) is 28.1. The maximum atomic E-state index is 12.8. The zero-order valence-electron chi connectivity index (χ0n) is 22.6. The van der Waals surface area contributed by atoms with E-state index in [4.69, 9.17) is 14.2 Å². The lowest BCUT2D eigenvalue weighted by atomic mass is 9.47. The molecule has 1 aliphatic heterocycles. The molecular formula is C28H40BN3O4S. The number of nitrogens with one attached hydrogen (secondary N) is 2. The minimum Gasteiger partial charge on any atom is -0.404 e. The van der Waals surface area contributed by atoms with Crippen LogP contribution in [0.5, 0.6) is 0 Å². The first-order valence-corrected chi connectivity index (χ1v) is 14.3. The van der Waals surface area contributed by atoms with E-state index in [1.165, 1.54) is 29.1 Å². The largest absolute Gasteiger partial charge is 0.481 e. The molecule has 3 saturated carbocycles. The molecule has 4 aliphatic rings. The van der Waals surface area contributed by atoms with Gasteiger partial charge in [-0.05, 0) is 84.2 Å². The molecule has 2 N–H and O–H groups in total. The summed E-state index contributed by atoms with van der Waals surface area (Å²) in [5.41, 5.74) is 0.347. The van der Waals surface area contributed by atoms with Crippen molar-refractivity contribution in [1.82, 2.24) is 10.0 Å². The SMILES string of the molecule is CC(C)CC(NC(=O)CNSc1ccc2ccccc2c1)B1OC2C3CC(C[C@H]2O1)C3(C)C.CCN=O. The summed E-state index contributed by atoms with van der Waals surface area (Å²) in [7, 11) is -0.352. The van der Waals surface area contributed by atoms with Crippen LogP contribution < -0.4 is 10.0 Å². The van der Waals surface area contributed by atoms with Crippen molar-refractivity contribution in [2.24, 2.45) is 28.3 Å². The Kier molecular flexibility index (Phi) is 9.32. The number of hydrogen-bond acceptors (Lipinski definition) is 7. The molecule has 37 heavy (non-hydrogen) atoms. The Bertz CT molecular complexity index is 1080. The number of carbonyl (C=O) groups excluding carboxylic acids is 1. The highest BCUT2D eigenvalue weighted by Crippen LogP contribution is 2.61. The molecule has 2 aromatic carbocycles. The van der Waals surface area contributed by atoms with Gasteiger partial charge in [0, 0.05) is 4.90 Å². The molecule has 7 nitrogen and oxygen atoms in total. The number of amides is 1. The molecule has 4 fully saturated rings. The zero-order chi connectivity index (χ0) is 26.6. The van der Waals surface area contributed by atoms with Crippen LogP contribution in [0.3, 0.4) is 0 Å². The van der Waals surface area contributed by atoms with E-state index < -0.39 is 0 Å². The molecule has 200 valence electrons. The van der Waals surface area contributed by atoms with Gasteiger partial charge in [0.15, 0.2) is 0 Å². The van der Waals surface area contributed by atoms with Crippen LogP contribution in [0.1, 0.15) is 53.9 Å². The maximum absolute atomic E-state index is 12.8. The van der Waals surface area contributed by atoms with Crippen molar-refractivity contribution in [1.29, 1.82) is 0 Å². The predicted octanol–water partition coefficient (Wildman–Crippen LogP) is 5.62. The van der Waals surface area contributed by atoms with Crippen LogP contribution in [-0.2, 0) is 14.1 Å². The predicted molar refractivity (Wildman–Crippen MR) is 151 cm³/mol. The second-order valence-electron chi connectivity index (χ2n) is 11.4. The van der Waals surface area contributed by atoms with Gasteiger partial charge in [-0.1, -0.05) is 63.2 Å². The van der Waals surface area contributed by atoms with E-state index in [0.29, 0.717) is 23.8 Å². The van der Waals surface area contributed by atoms with E-state index in [0.717, 1.165) is 23.7 Å². The molecule has 1 saturated heterocycles. The van der Waals surface area contributed by atoms with Crippen LogP contribution >= 0.6 is 11.9 Å². The molecule has 4 unspecified atom stereocenters. The number of rotatable bonds is 9. The summed E-state index contributed by atoms with van der Waals surface area (Å²) in [6, 6.07) is 14.6. The van der Waals surface area contributed by atoms with Crippen LogP contribution in [0, 0.1) is 28.1 Å². The van der Waals surface area contributed by atoms with Gasteiger partial charge in [-0.25, -0.2) is 0 Å². The highest BCUT2D eigenvalue weighted by molar-refractivity contribution is 7.97. The Labute approximate surface area is 225 Å². The average molecular weight is 526 g/mol. The normalized spacial score (nSPS) is 26.1. The van der Waals surface area contributed by atoms with Gasteiger partial charge < -0.3 is 14.6 Å². The molecule has 6 rings (SSSR count). The van der Waals surface area contributed by atoms with E-state index in [2.05, 4.69) is 73.2 Å². The summed E-state index contributed by atoms with van der Waals surface area (Å²) >= 11 is 1.49.